The van der Waals surface area contributed by atoms with E-state index in [0.717, 1.165) is 18.4 Å². The van der Waals surface area contributed by atoms with Crippen LogP contribution in [0.2, 0.25) is 0 Å². The van der Waals surface area contributed by atoms with Gasteiger partial charge in [-0.25, -0.2) is 4.79 Å². The number of hydrogen-bond acceptors (Lipinski definition) is 3. The highest BCUT2D eigenvalue weighted by molar-refractivity contribution is 6.41. The fraction of sp³-hybridized carbons (Fsp3) is 0.667. The Morgan fingerprint density at radius 2 is 1.71 bits per heavy atom. The molecule has 1 fully saturated rings. The number of ketones is 1. The quantitative estimate of drug-likeness (QED) is 0.451. The van der Waals surface area contributed by atoms with Crippen molar-refractivity contribution in [1.82, 2.24) is 0 Å². The Hall–Kier alpha value is -1.38. The highest BCUT2D eigenvalue weighted by Crippen LogP contribution is 2.47. The van der Waals surface area contributed by atoms with Gasteiger partial charge in [0.1, 0.15) is 0 Å². The molecule has 21 heavy (non-hydrogen) atoms. The topological polar surface area (TPSA) is 43.4 Å². The van der Waals surface area contributed by atoms with E-state index in [4.69, 9.17) is 4.74 Å². The molecule has 0 aromatic rings. The molecular weight excluding hydrogens is 264 g/mol. The first-order chi connectivity index (χ1) is 10.2. The van der Waals surface area contributed by atoms with Crippen LogP contribution in [0, 0.1) is 17.8 Å². The van der Waals surface area contributed by atoms with Gasteiger partial charge >= 0.3 is 5.97 Å². The van der Waals surface area contributed by atoms with Crippen LogP contribution >= 0.6 is 0 Å². The standard InChI is InChI=1S/C18H24O3/c1-2-21-18(20)17(19)16-14-10-8-13(9-11-14)15(16)12-6-4-3-5-7-12/h8,10,12-14H,2-7,9,11H2,1H3. The first-order valence-corrected chi connectivity index (χ1v) is 8.36. The third kappa shape index (κ3) is 2.70. The SMILES string of the molecule is CCOC(=O)C(=O)C1=C(C2CCCCC2)C2C=CC1CC2. The normalized spacial score (nSPS) is 28.8. The number of carbonyl (C=O) groups is 2. The van der Waals surface area contributed by atoms with Gasteiger partial charge in [-0.15, -0.1) is 0 Å². The van der Waals surface area contributed by atoms with Gasteiger partial charge in [-0.1, -0.05) is 37.0 Å². The van der Waals surface area contributed by atoms with E-state index in [0.29, 0.717) is 11.8 Å². The van der Waals surface area contributed by atoms with Crippen LogP contribution in [0.5, 0.6) is 0 Å². The van der Waals surface area contributed by atoms with Crippen molar-refractivity contribution in [3.8, 4) is 0 Å². The van der Waals surface area contributed by atoms with Gasteiger partial charge in [0.2, 0.25) is 0 Å². The number of fused-ring (bicyclic) bond motifs is 1. The number of rotatable bonds is 4. The van der Waals surface area contributed by atoms with Gasteiger partial charge in [0.15, 0.2) is 0 Å². The van der Waals surface area contributed by atoms with E-state index in [9.17, 15) is 9.59 Å². The Morgan fingerprint density at radius 1 is 1.05 bits per heavy atom. The molecule has 0 N–H and O–H groups in total. The fourth-order valence-electron chi connectivity index (χ4n) is 4.28. The van der Waals surface area contributed by atoms with Crippen molar-refractivity contribution in [2.75, 3.05) is 6.61 Å². The molecule has 0 spiro atoms. The third-order valence-corrected chi connectivity index (χ3v) is 5.20. The fourth-order valence-corrected chi connectivity index (χ4v) is 4.28. The van der Waals surface area contributed by atoms with Crippen molar-refractivity contribution in [1.29, 1.82) is 0 Å². The molecule has 114 valence electrons. The van der Waals surface area contributed by atoms with Gasteiger partial charge < -0.3 is 4.74 Å². The summed E-state index contributed by atoms with van der Waals surface area (Å²) in [6.07, 6.45) is 12.7. The van der Waals surface area contributed by atoms with E-state index in [1.54, 1.807) is 6.92 Å². The Kier molecular flexibility index (Phi) is 4.27. The van der Waals surface area contributed by atoms with Crippen LogP contribution in [-0.4, -0.2) is 18.4 Å². The molecule has 3 nitrogen and oxygen atoms in total. The van der Waals surface area contributed by atoms with Crippen LogP contribution in [-0.2, 0) is 14.3 Å². The summed E-state index contributed by atoms with van der Waals surface area (Å²) in [5.41, 5.74) is 2.07. The van der Waals surface area contributed by atoms with Crippen LogP contribution < -0.4 is 0 Å². The summed E-state index contributed by atoms with van der Waals surface area (Å²) >= 11 is 0. The molecule has 2 bridgehead atoms. The molecule has 0 heterocycles. The number of Topliss-reactive ketones (excluding diaryl/α,β-unsaturated/α-hetero) is 1. The van der Waals surface area contributed by atoms with Crippen LogP contribution in [0.25, 0.3) is 0 Å². The van der Waals surface area contributed by atoms with Gasteiger partial charge in [-0.2, -0.15) is 0 Å². The lowest BCUT2D eigenvalue weighted by Crippen LogP contribution is -2.34. The Labute approximate surface area is 126 Å². The summed E-state index contributed by atoms with van der Waals surface area (Å²) in [4.78, 5) is 24.5. The summed E-state index contributed by atoms with van der Waals surface area (Å²) in [6, 6.07) is 0. The van der Waals surface area contributed by atoms with Gasteiger partial charge in [-0.3, -0.25) is 4.79 Å². The first kappa shape index (κ1) is 14.6. The van der Waals surface area contributed by atoms with E-state index in [1.165, 1.54) is 37.7 Å². The minimum atomic E-state index is -0.665. The molecule has 4 aliphatic carbocycles. The average molecular weight is 288 g/mol. The number of esters is 1. The Balaban J connectivity index is 1.94. The minimum absolute atomic E-state index is 0.142. The lowest BCUT2D eigenvalue weighted by atomic mass is 9.64. The predicted molar refractivity (Wildman–Crippen MR) is 80.6 cm³/mol. The summed E-state index contributed by atoms with van der Waals surface area (Å²) in [5, 5.41) is 0. The van der Waals surface area contributed by atoms with Crippen molar-refractivity contribution in [2.24, 2.45) is 17.8 Å². The van der Waals surface area contributed by atoms with Crippen LogP contribution in [0.15, 0.2) is 23.3 Å². The molecule has 0 aromatic heterocycles. The van der Waals surface area contributed by atoms with Crippen molar-refractivity contribution in [3.05, 3.63) is 23.3 Å². The van der Waals surface area contributed by atoms with E-state index >= 15 is 0 Å². The maximum Gasteiger partial charge on any atom is 0.379 e. The number of hydrogen-bond donors (Lipinski definition) is 0. The molecule has 0 amide bonds. The highest BCUT2D eigenvalue weighted by atomic mass is 16.5. The number of carbonyl (C=O) groups excluding carboxylic acids is 2. The number of ether oxygens (including phenoxy) is 1. The van der Waals surface area contributed by atoms with Gasteiger partial charge in [0, 0.05) is 11.5 Å². The van der Waals surface area contributed by atoms with Crippen LogP contribution in [0.4, 0.5) is 0 Å². The minimum Gasteiger partial charge on any atom is -0.460 e. The van der Waals surface area contributed by atoms with Gasteiger partial charge in [0.05, 0.1) is 6.61 Å². The zero-order chi connectivity index (χ0) is 14.8. The molecule has 3 heteroatoms. The van der Waals surface area contributed by atoms with Crippen molar-refractivity contribution >= 4 is 11.8 Å². The average Bonchev–Trinajstić information content (AvgIpc) is 2.55. The summed E-state index contributed by atoms with van der Waals surface area (Å²) in [5.74, 6) is -0.0154. The van der Waals surface area contributed by atoms with Crippen LogP contribution in [0.1, 0.15) is 51.9 Å². The van der Waals surface area contributed by atoms with Gasteiger partial charge in [-0.05, 0) is 44.4 Å². The van der Waals surface area contributed by atoms with E-state index in [-0.39, 0.29) is 18.3 Å². The second-order valence-corrected chi connectivity index (χ2v) is 6.43. The zero-order valence-corrected chi connectivity index (χ0v) is 12.8. The summed E-state index contributed by atoms with van der Waals surface area (Å²) < 4.78 is 4.95. The zero-order valence-electron chi connectivity index (χ0n) is 12.8. The van der Waals surface area contributed by atoms with Crippen molar-refractivity contribution < 1.29 is 14.3 Å². The first-order valence-electron chi connectivity index (χ1n) is 8.36. The molecule has 0 saturated heterocycles. The van der Waals surface area contributed by atoms with Crippen molar-refractivity contribution in [2.45, 2.75) is 51.9 Å². The Bertz CT molecular complexity index is 495. The smallest absolute Gasteiger partial charge is 0.379 e. The third-order valence-electron chi connectivity index (χ3n) is 5.20. The second kappa shape index (κ2) is 6.17. The molecular formula is C18H24O3. The maximum atomic E-state index is 12.6. The van der Waals surface area contributed by atoms with Crippen LogP contribution in [0.3, 0.4) is 0 Å². The summed E-state index contributed by atoms with van der Waals surface area (Å²) in [6.45, 7) is 2.01. The van der Waals surface area contributed by atoms with E-state index < -0.39 is 5.97 Å². The molecule has 1 saturated carbocycles. The molecule has 0 aromatic carbocycles. The molecule has 2 unspecified atom stereocenters. The number of allylic oxidation sites excluding steroid dienone is 3. The van der Waals surface area contributed by atoms with Gasteiger partial charge in [0.25, 0.3) is 5.78 Å². The van der Waals surface area contributed by atoms with E-state index in [2.05, 4.69) is 12.2 Å². The van der Waals surface area contributed by atoms with E-state index in [1.807, 2.05) is 0 Å². The lowest BCUT2D eigenvalue weighted by molar-refractivity contribution is -0.152. The molecule has 0 radical (unpaired) electrons. The second-order valence-electron chi connectivity index (χ2n) is 6.43. The maximum absolute atomic E-state index is 12.6. The summed E-state index contributed by atoms with van der Waals surface area (Å²) in [7, 11) is 0. The highest BCUT2D eigenvalue weighted by Gasteiger charge is 2.40. The predicted octanol–water partition coefficient (Wildman–Crippen LogP) is 3.59. The van der Waals surface area contributed by atoms with Crippen molar-refractivity contribution in [3.63, 3.8) is 0 Å². The molecule has 0 aliphatic heterocycles. The largest absolute Gasteiger partial charge is 0.460 e. The molecule has 2 atom stereocenters. The lowest BCUT2D eigenvalue weighted by Gasteiger charge is -2.39. The monoisotopic (exact) mass is 288 g/mol. The Morgan fingerprint density at radius 3 is 2.33 bits per heavy atom. The molecule has 4 rings (SSSR count). The molecule has 4 aliphatic rings.